The molecule has 1 aliphatic rings. The predicted octanol–water partition coefficient (Wildman–Crippen LogP) is 2.45. The lowest BCUT2D eigenvalue weighted by atomic mass is 10.2. The topological polar surface area (TPSA) is 61.2 Å². The lowest BCUT2D eigenvalue weighted by Gasteiger charge is -2.23. The third-order valence-corrected chi connectivity index (χ3v) is 5.36. The minimum Gasteiger partial charge on any atom is -0.299 e. The fraction of sp³-hybridized carbons (Fsp3) is 0.562. The summed E-state index contributed by atoms with van der Waals surface area (Å²) in [7, 11) is -3.27. The zero-order valence-electron chi connectivity index (χ0n) is 12.6. The fourth-order valence-corrected chi connectivity index (χ4v) is 3.69. The van der Waals surface area contributed by atoms with Gasteiger partial charge in [-0.3, -0.25) is 4.90 Å². The second kappa shape index (κ2) is 6.59. The SMILES string of the molecule is CC(C)CN(CCS(=O)(=O)c1ccc(C#N)cc1)C1CC1. The van der Waals surface area contributed by atoms with Crippen molar-refractivity contribution in [3.63, 3.8) is 0 Å². The predicted molar refractivity (Wildman–Crippen MR) is 82.6 cm³/mol. The summed E-state index contributed by atoms with van der Waals surface area (Å²) in [6.07, 6.45) is 2.37. The Morgan fingerprint density at radius 2 is 1.90 bits per heavy atom. The second-order valence-corrected chi connectivity index (χ2v) is 8.18. The molecule has 114 valence electrons. The van der Waals surface area contributed by atoms with Gasteiger partial charge < -0.3 is 0 Å². The Morgan fingerprint density at radius 1 is 1.29 bits per heavy atom. The van der Waals surface area contributed by atoms with Crippen LogP contribution in [0.3, 0.4) is 0 Å². The third kappa shape index (κ3) is 4.55. The maximum absolute atomic E-state index is 12.4. The van der Waals surface area contributed by atoms with Crippen LogP contribution in [0.1, 0.15) is 32.3 Å². The first-order chi connectivity index (χ1) is 9.92. The van der Waals surface area contributed by atoms with Crippen LogP contribution in [0, 0.1) is 17.2 Å². The molecule has 0 N–H and O–H groups in total. The average molecular weight is 306 g/mol. The van der Waals surface area contributed by atoms with E-state index >= 15 is 0 Å². The van der Waals surface area contributed by atoms with Gasteiger partial charge in [-0.1, -0.05) is 13.8 Å². The van der Waals surface area contributed by atoms with Crippen molar-refractivity contribution in [3.05, 3.63) is 29.8 Å². The number of benzene rings is 1. The highest BCUT2D eigenvalue weighted by molar-refractivity contribution is 7.91. The van der Waals surface area contributed by atoms with Crippen molar-refractivity contribution in [2.24, 2.45) is 5.92 Å². The molecule has 0 saturated heterocycles. The summed E-state index contributed by atoms with van der Waals surface area (Å²) in [6.45, 7) is 5.85. The summed E-state index contributed by atoms with van der Waals surface area (Å²) in [4.78, 5) is 2.60. The van der Waals surface area contributed by atoms with Crippen LogP contribution in [0.4, 0.5) is 0 Å². The van der Waals surface area contributed by atoms with E-state index in [-0.39, 0.29) is 5.75 Å². The molecule has 0 unspecified atom stereocenters. The molecule has 1 fully saturated rings. The number of hydrogen-bond acceptors (Lipinski definition) is 4. The van der Waals surface area contributed by atoms with Crippen LogP contribution < -0.4 is 0 Å². The largest absolute Gasteiger partial charge is 0.299 e. The molecule has 21 heavy (non-hydrogen) atoms. The Kier molecular flexibility index (Phi) is 5.02. The minimum atomic E-state index is -3.27. The standard InChI is InChI=1S/C16H22N2O2S/c1-13(2)12-18(15-5-6-15)9-10-21(19,20)16-7-3-14(11-17)4-8-16/h3-4,7-8,13,15H,5-6,9-10,12H2,1-2H3. The van der Waals surface area contributed by atoms with Crippen LogP contribution in [0.15, 0.2) is 29.2 Å². The third-order valence-electron chi connectivity index (χ3n) is 3.65. The molecule has 0 radical (unpaired) electrons. The molecular weight excluding hydrogens is 284 g/mol. The molecule has 1 aliphatic carbocycles. The van der Waals surface area contributed by atoms with Gasteiger partial charge >= 0.3 is 0 Å². The lowest BCUT2D eigenvalue weighted by Crippen LogP contribution is -2.34. The summed E-state index contributed by atoms with van der Waals surface area (Å²) in [5.41, 5.74) is 0.480. The van der Waals surface area contributed by atoms with Crippen LogP contribution >= 0.6 is 0 Å². The normalized spacial score (nSPS) is 15.4. The van der Waals surface area contributed by atoms with Crippen molar-refractivity contribution in [3.8, 4) is 6.07 Å². The molecule has 0 aliphatic heterocycles. The van der Waals surface area contributed by atoms with E-state index in [9.17, 15) is 8.42 Å². The average Bonchev–Trinajstić information content (AvgIpc) is 3.28. The van der Waals surface area contributed by atoms with Crippen molar-refractivity contribution in [1.82, 2.24) is 4.90 Å². The summed E-state index contributed by atoms with van der Waals surface area (Å²) in [6, 6.07) is 8.73. The number of nitrogens with zero attached hydrogens (tertiary/aromatic N) is 2. The summed E-state index contributed by atoms with van der Waals surface area (Å²) in [5.74, 6) is 0.686. The molecule has 1 aromatic carbocycles. The van der Waals surface area contributed by atoms with E-state index in [1.165, 1.54) is 25.0 Å². The molecule has 0 bridgehead atoms. The van der Waals surface area contributed by atoms with E-state index in [1.807, 2.05) is 6.07 Å². The van der Waals surface area contributed by atoms with Crippen LogP contribution in [0.25, 0.3) is 0 Å². The fourth-order valence-electron chi connectivity index (χ4n) is 2.42. The van der Waals surface area contributed by atoms with E-state index in [1.54, 1.807) is 12.1 Å². The first kappa shape index (κ1) is 16.0. The van der Waals surface area contributed by atoms with E-state index in [0.29, 0.717) is 29.0 Å². The molecule has 5 heteroatoms. The highest BCUT2D eigenvalue weighted by Gasteiger charge is 2.30. The molecule has 0 spiro atoms. The molecular formula is C16H22N2O2S. The van der Waals surface area contributed by atoms with E-state index in [0.717, 1.165) is 6.54 Å². The zero-order chi connectivity index (χ0) is 15.5. The van der Waals surface area contributed by atoms with Crippen molar-refractivity contribution in [2.75, 3.05) is 18.8 Å². The van der Waals surface area contributed by atoms with Gasteiger partial charge in [-0.2, -0.15) is 5.26 Å². The van der Waals surface area contributed by atoms with Gasteiger partial charge in [0.2, 0.25) is 0 Å². The van der Waals surface area contributed by atoms with Gasteiger partial charge in [0.1, 0.15) is 0 Å². The Bertz CT molecular complexity index is 611. The van der Waals surface area contributed by atoms with Gasteiger partial charge in [0, 0.05) is 19.1 Å². The Labute approximate surface area is 127 Å². The summed E-state index contributed by atoms with van der Waals surface area (Å²) < 4.78 is 24.7. The quantitative estimate of drug-likeness (QED) is 0.776. The Balaban J connectivity index is 2.00. The van der Waals surface area contributed by atoms with E-state index in [2.05, 4.69) is 18.7 Å². The van der Waals surface area contributed by atoms with Gasteiger partial charge in [0.05, 0.1) is 22.3 Å². The molecule has 1 aromatic rings. The lowest BCUT2D eigenvalue weighted by molar-refractivity contribution is 0.247. The molecule has 4 nitrogen and oxygen atoms in total. The van der Waals surface area contributed by atoms with Gasteiger partial charge in [0.15, 0.2) is 9.84 Å². The second-order valence-electron chi connectivity index (χ2n) is 6.08. The monoisotopic (exact) mass is 306 g/mol. The zero-order valence-corrected chi connectivity index (χ0v) is 13.4. The maximum Gasteiger partial charge on any atom is 0.179 e. The summed E-state index contributed by atoms with van der Waals surface area (Å²) in [5, 5.41) is 8.75. The molecule has 2 rings (SSSR count). The van der Waals surface area contributed by atoms with Gasteiger partial charge in [-0.05, 0) is 43.0 Å². The van der Waals surface area contributed by atoms with Crippen LogP contribution in [-0.2, 0) is 9.84 Å². The number of rotatable bonds is 7. The van der Waals surface area contributed by atoms with Gasteiger partial charge in [-0.25, -0.2) is 8.42 Å². The van der Waals surface area contributed by atoms with Crippen molar-refractivity contribution in [2.45, 2.75) is 37.6 Å². The van der Waals surface area contributed by atoms with Gasteiger partial charge in [-0.15, -0.1) is 0 Å². The number of hydrogen-bond donors (Lipinski definition) is 0. The van der Waals surface area contributed by atoms with Crippen molar-refractivity contribution in [1.29, 1.82) is 5.26 Å². The first-order valence-electron chi connectivity index (χ1n) is 7.39. The van der Waals surface area contributed by atoms with Crippen molar-refractivity contribution >= 4 is 9.84 Å². The maximum atomic E-state index is 12.4. The van der Waals surface area contributed by atoms with E-state index in [4.69, 9.17) is 5.26 Å². The van der Waals surface area contributed by atoms with Gasteiger partial charge in [0.25, 0.3) is 0 Å². The highest BCUT2D eigenvalue weighted by atomic mass is 32.2. The van der Waals surface area contributed by atoms with Crippen LogP contribution in [0.2, 0.25) is 0 Å². The highest BCUT2D eigenvalue weighted by Crippen LogP contribution is 2.27. The number of sulfone groups is 1. The number of nitriles is 1. The van der Waals surface area contributed by atoms with Crippen molar-refractivity contribution < 1.29 is 8.42 Å². The summed E-state index contributed by atoms with van der Waals surface area (Å²) >= 11 is 0. The molecule has 0 heterocycles. The van der Waals surface area contributed by atoms with E-state index < -0.39 is 9.84 Å². The minimum absolute atomic E-state index is 0.141. The molecule has 0 aromatic heterocycles. The molecule has 1 saturated carbocycles. The Morgan fingerprint density at radius 3 is 2.38 bits per heavy atom. The van der Waals surface area contributed by atoms with Crippen LogP contribution in [-0.4, -0.2) is 38.2 Å². The molecule has 0 atom stereocenters. The smallest absolute Gasteiger partial charge is 0.179 e. The first-order valence-corrected chi connectivity index (χ1v) is 9.04. The molecule has 0 amide bonds. The Hall–Kier alpha value is -1.38. The van der Waals surface area contributed by atoms with Crippen LogP contribution in [0.5, 0.6) is 0 Å².